The first kappa shape index (κ1) is 34.9. The average Bonchev–Trinajstić information content (AvgIpc) is 3.87. The zero-order chi connectivity index (χ0) is 40.3. The molecule has 0 aliphatic heterocycles. The third-order valence-electron chi connectivity index (χ3n) is 12.2. The van der Waals surface area contributed by atoms with Gasteiger partial charge in [0.05, 0.1) is 28.1 Å². The predicted molar refractivity (Wildman–Crippen MR) is 257 cm³/mol. The normalized spacial score (nSPS) is 11.6. The van der Waals surface area contributed by atoms with Crippen molar-refractivity contribution in [2.75, 3.05) is 4.90 Å². The maximum atomic E-state index is 6.40. The van der Waals surface area contributed by atoms with Crippen molar-refractivity contribution in [3.63, 3.8) is 0 Å². The number of furan rings is 1. The molecule has 12 aromatic rings. The Balaban J connectivity index is 1.14. The van der Waals surface area contributed by atoms with Gasteiger partial charge in [0.15, 0.2) is 0 Å². The maximum Gasteiger partial charge on any atom is 0.136 e. The summed E-state index contributed by atoms with van der Waals surface area (Å²) in [6, 6.07) is 83.2. The number of aromatic nitrogens is 1. The van der Waals surface area contributed by atoms with Gasteiger partial charge in [0.2, 0.25) is 0 Å². The van der Waals surface area contributed by atoms with Gasteiger partial charge in [-0.25, -0.2) is 0 Å². The molecule has 0 aliphatic rings. The first-order chi connectivity index (χ1) is 30.3. The van der Waals surface area contributed by atoms with Crippen molar-refractivity contribution in [2.45, 2.75) is 0 Å². The second-order valence-corrected chi connectivity index (χ2v) is 15.7. The van der Waals surface area contributed by atoms with Crippen molar-refractivity contribution in [1.29, 1.82) is 0 Å². The van der Waals surface area contributed by atoms with Gasteiger partial charge < -0.3 is 13.9 Å². The Labute approximate surface area is 353 Å². The SMILES string of the molecule is c1ccc(-c2ccc(-c3cccc4ccccc34)cc2N(c2cccc(-c3ccc4c(c3)oc3ccccc34)c2)c2ccccc2-n2c3ccccc3c3ccccc32)cc1. The van der Waals surface area contributed by atoms with Crippen LogP contribution in [0, 0.1) is 0 Å². The molecule has 0 N–H and O–H groups in total. The fourth-order valence-corrected chi connectivity index (χ4v) is 9.39. The summed E-state index contributed by atoms with van der Waals surface area (Å²) in [6.07, 6.45) is 0. The topological polar surface area (TPSA) is 21.3 Å². The molecule has 0 aliphatic carbocycles. The van der Waals surface area contributed by atoms with Gasteiger partial charge in [0.1, 0.15) is 11.2 Å². The minimum Gasteiger partial charge on any atom is -0.456 e. The molecule has 2 heterocycles. The summed E-state index contributed by atoms with van der Waals surface area (Å²) >= 11 is 0. The summed E-state index contributed by atoms with van der Waals surface area (Å²) in [5.74, 6) is 0. The Morgan fingerprint density at radius 1 is 0.328 bits per heavy atom. The molecule has 286 valence electrons. The molecule has 0 saturated carbocycles. The van der Waals surface area contributed by atoms with Crippen LogP contribution >= 0.6 is 0 Å². The zero-order valence-electron chi connectivity index (χ0n) is 33.2. The van der Waals surface area contributed by atoms with E-state index in [1.807, 2.05) is 12.1 Å². The summed E-state index contributed by atoms with van der Waals surface area (Å²) in [5.41, 5.74) is 15.2. The molecular formula is C58H38N2O. The van der Waals surface area contributed by atoms with E-state index < -0.39 is 0 Å². The van der Waals surface area contributed by atoms with Gasteiger partial charge >= 0.3 is 0 Å². The second-order valence-electron chi connectivity index (χ2n) is 15.7. The van der Waals surface area contributed by atoms with Crippen molar-refractivity contribution in [1.82, 2.24) is 4.57 Å². The summed E-state index contributed by atoms with van der Waals surface area (Å²) in [6.45, 7) is 0. The summed E-state index contributed by atoms with van der Waals surface area (Å²) in [7, 11) is 0. The largest absolute Gasteiger partial charge is 0.456 e. The van der Waals surface area contributed by atoms with Gasteiger partial charge in [-0.05, 0) is 99.3 Å². The Morgan fingerprint density at radius 2 is 0.934 bits per heavy atom. The minimum atomic E-state index is 0.881. The van der Waals surface area contributed by atoms with E-state index >= 15 is 0 Å². The lowest BCUT2D eigenvalue weighted by Gasteiger charge is -2.31. The standard InChI is InChI=1S/C58H38N2O/c1-2-16-40(17-3-1)47-34-33-43(46-26-15-19-39-18-4-5-22-45(39)46)37-56(47)59(44-21-14-20-41(36-44)42-32-35-51-50-25-8-13-31-57(50)61-58(51)38-42)54-29-11-12-30-55(54)60-52-27-9-6-23-48(52)49-24-7-10-28-53(49)60/h1-38H. The number of anilines is 3. The number of para-hydroxylation sites is 5. The van der Waals surface area contributed by atoms with Gasteiger partial charge in [-0.1, -0.05) is 170 Å². The number of rotatable bonds is 7. The molecule has 3 heteroatoms. The molecule has 0 unspecified atom stereocenters. The molecule has 0 saturated heterocycles. The van der Waals surface area contributed by atoms with E-state index in [1.165, 1.54) is 27.1 Å². The molecule has 2 aromatic heterocycles. The van der Waals surface area contributed by atoms with Crippen LogP contribution < -0.4 is 4.90 Å². The van der Waals surface area contributed by atoms with Crippen molar-refractivity contribution in [3.05, 3.63) is 231 Å². The zero-order valence-corrected chi connectivity index (χ0v) is 33.2. The number of fused-ring (bicyclic) bond motifs is 7. The fraction of sp³-hybridized carbons (Fsp3) is 0. The first-order valence-corrected chi connectivity index (χ1v) is 20.8. The average molecular weight is 779 g/mol. The van der Waals surface area contributed by atoms with E-state index in [0.717, 1.165) is 83.5 Å². The van der Waals surface area contributed by atoms with E-state index in [4.69, 9.17) is 4.42 Å². The number of benzene rings is 10. The lowest BCUT2D eigenvalue weighted by molar-refractivity contribution is 0.669. The molecule has 12 rings (SSSR count). The van der Waals surface area contributed by atoms with Crippen LogP contribution in [0.15, 0.2) is 235 Å². The van der Waals surface area contributed by atoms with Crippen molar-refractivity contribution in [2.24, 2.45) is 0 Å². The molecule has 0 spiro atoms. The number of hydrogen-bond donors (Lipinski definition) is 0. The highest BCUT2D eigenvalue weighted by molar-refractivity contribution is 6.10. The molecule has 61 heavy (non-hydrogen) atoms. The Bertz CT molecular complexity index is 3550. The van der Waals surface area contributed by atoms with Crippen LogP contribution in [0.5, 0.6) is 0 Å². The van der Waals surface area contributed by atoms with Crippen LogP contribution in [0.1, 0.15) is 0 Å². The van der Waals surface area contributed by atoms with Crippen LogP contribution in [0.4, 0.5) is 17.1 Å². The lowest BCUT2D eigenvalue weighted by Crippen LogP contribution is -2.14. The third kappa shape index (κ3) is 5.82. The van der Waals surface area contributed by atoms with Crippen LogP contribution in [-0.2, 0) is 0 Å². The highest BCUT2D eigenvalue weighted by atomic mass is 16.3. The van der Waals surface area contributed by atoms with Gasteiger partial charge in [-0.15, -0.1) is 0 Å². The monoisotopic (exact) mass is 778 g/mol. The number of nitrogens with zero attached hydrogens (tertiary/aromatic N) is 2. The van der Waals surface area contributed by atoms with Crippen LogP contribution in [0.2, 0.25) is 0 Å². The van der Waals surface area contributed by atoms with Gasteiger partial charge in [-0.2, -0.15) is 0 Å². The minimum absolute atomic E-state index is 0.881. The summed E-state index contributed by atoms with van der Waals surface area (Å²) in [4.78, 5) is 2.47. The van der Waals surface area contributed by atoms with E-state index in [9.17, 15) is 0 Å². The molecule has 10 aromatic carbocycles. The Morgan fingerprint density at radius 3 is 1.77 bits per heavy atom. The summed E-state index contributed by atoms with van der Waals surface area (Å²) < 4.78 is 8.83. The predicted octanol–water partition coefficient (Wildman–Crippen LogP) is 16.3. The van der Waals surface area contributed by atoms with Crippen molar-refractivity contribution < 1.29 is 4.42 Å². The van der Waals surface area contributed by atoms with Gasteiger partial charge in [0.25, 0.3) is 0 Å². The highest BCUT2D eigenvalue weighted by Crippen LogP contribution is 2.47. The molecular weight excluding hydrogens is 741 g/mol. The van der Waals surface area contributed by atoms with E-state index in [1.54, 1.807) is 0 Å². The van der Waals surface area contributed by atoms with E-state index in [2.05, 4.69) is 228 Å². The van der Waals surface area contributed by atoms with Gasteiger partial charge in [-0.3, -0.25) is 0 Å². The highest BCUT2D eigenvalue weighted by Gasteiger charge is 2.24. The second kappa shape index (κ2) is 14.3. The van der Waals surface area contributed by atoms with Crippen molar-refractivity contribution in [3.8, 4) is 39.1 Å². The molecule has 0 bridgehead atoms. The van der Waals surface area contributed by atoms with E-state index in [0.29, 0.717) is 0 Å². The van der Waals surface area contributed by atoms with E-state index in [-0.39, 0.29) is 0 Å². The van der Waals surface area contributed by atoms with Gasteiger partial charge in [0, 0.05) is 32.8 Å². The Kier molecular flexibility index (Phi) is 8.17. The first-order valence-electron chi connectivity index (χ1n) is 20.8. The maximum absolute atomic E-state index is 6.40. The number of hydrogen-bond acceptors (Lipinski definition) is 2. The third-order valence-corrected chi connectivity index (χ3v) is 12.2. The van der Waals surface area contributed by atoms with Crippen LogP contribution in [0.3, 0.4) is 0 Å². The van der Waals surface area contributed by atoms with Crippen molar-refractivity contribution >= 4 is 71.6 Å². The van der Waals surface area contributed by atoms with Crippen LogP contribution in [0.25, 0.3) is 93.6 Å². The fourth-order valence-electron chi connectivity index (χ4n) is 9.39. The molecule has 0 atom stereocenters. The van der Waals surface area contributed by atoms with Crippen LogP contribution in [-0.4, -0.2) is 4.57 Å². The molecule has 0 fully saturated rings. The molecule has 0 radical (unpaired) electrons. The summed E-state index contributed by atoms with van der Waals surface area (Å²) in [5, 5.41) is 7.15. The quantitative estimate of drug-likeness (QED) is 0.161. The molecule has 3 nitrogen and oxygen atoms in total. The Hall–Kier alpha value is -8.14. The smallest absolute Gasteiger partial charge is 0.136 e. The molecule has 0 amide bonds. The lowest BCUT2D eigenvalue weighted by atomic mass is 9.94.